The van der Waals surface area contributed by atoms with Crippen LogP contribution in [-0.4, -0.2) is 21.0 Å². The Labute approximate surface area is 131 Å². The first kappa shape index (κ1) is 14.2. The van der Waals surface area contributed by atoms with Crippen molar-refractivity contribution in [2.75, 3.05) is 0 Å². The summed E-state index contributed by atoms with van der Waals surface area (Å²) in [5.74, 6) is 0.455. The fraction of sp³-hybridized carbons (Fsp3) is 0.0667. The van der Waals surface area contributed by atoms with Crippen LogP contribution < -0.4 is 5.32 Å². The Morgan fingerprint density at radius 2 is 1.95 bits per heavy atom. The molecular formula is C15H11ClN4O2. The summed E-state index contributed by atoms with van der Waals surface area (Å²) in [6.45, 7) is 0.138. The topological polar surface area (TPSA) is 80.9 Å². The molecule has 7 heteroatoms. The van der Waals surface area contributed by atoms with Crippen LogP contribution in [0.25, 0.3) is 11.4 Å². The van der Waals surface area contributed by atoms with Crippen molar-refractivity contribution in [2.24, 2.45) is 0 Å². The van der Waals surface area contributed by atoms with E-state index in [-0.39, 0.29) is 12.5 Å². The number of amides is 1. The van der Waals surface area contributed by atoms with Crippen LogP contribution in [0.15, 0.2) is 53.3 Å². The number of benzene rings is 1. The molecule has 1 amide bonds. The maximum absolute atomic E-state index is 11.9. The van der Waals surface area contributed by atoms with E-state index >= 15 is 0 Å². The second-order valence-electron chi connectivity index (χ2n) is 4.41. The first-order valence-electron chi connectivity index (χ1n) is 6.50. The van der Waals surface area contributed by atoms with Crippen molar-refractivity contribution in [1.29, 1.82) is 0 Å². The van der Waals surface area contributed by atoms with Crippen molar-refractivity contribution in [3.05, 3.63) is 65.3 Å². The zero-order valence-corrected chi connectivity index (χ0v) is 12.1. The number of carbonyl (C=O) groups is 1. The van der Waals surface area contributed by atoms with Crippen LogP contribution in [0.4, 0.5) is 0 Å². The van der Waals surface area contributed by atoms with Gasteiger partial charge in [0.2, 0.25) is 11.7 Å². The van der Waals surface area contributed by atoms with Crippen molar-refractivity contribution >= 4 is 17.5 Å². The Morgan fingerprint density at radius 3 is 2.73 bits per heavy atom. The third-order valence-electron chi connectivity index (χ3n) is 2.93. The molecular weight excluding hydrogens is 304 g/mol. The van der Waals surface area contributed by atoms with Crippen LogP contribution in [0.3, 0.4) is 0 Å². The molecule has 0 unspecified atom stereocenters. The van der Waals surface area contributed by atoms with Gasteiger partial charge in [0.25, 0.3) is 5.91 Å². The highest BCUT2D eigenvalue weighted by Crippen LogP contribution is 2.24. The van der Waals surface area contributed by atoms with Gasteiger partial charge in [0.1, 0.15) is 0 Å². The second kappa shape index (κ2) is 6.36. The first-order valence-corrected chi connectivity index (χ1v) is 6.87. The minimum atomic E-state index is -0.236. The van der Waals surface area contributed by atoms with Gasteiger partial charge in [-0.1, -0.05) is 28.9 Å². The number of rotatable bonds is 4. The van der Waals surface area contributed by atoms with E-state index in [0.717, 1.165) is 0 Å². The number of carbonyl (C=O) groups excluding carboxylic acids is 1. The maximum atomic E-state index is 11.9. The minimum Gasteiger partial charge on any atom is -0.343 e. The SMILES string of the molecule is O=C(NCc1nc(-c2ccccc2Cl)no1)c1ccncc1. The van der Waals surface area contributed by atoms with E-state index in [0.29, 0.717) is 27.9 Å². The molecule has 1 aromatic carbocycles. The summed E-state index contributed by atoms with van der Waals surface area (Å²) < 4.78 is 5.11. The van der Waals surface area contributed by atoms with Crippen molar-refractivity contribution < 1.29 is 9.32 Å². The monoisotopic (exact) mass is 314 g/mol. The molecule has 110 valence electrons. The van der Waals surface area contributed by atoms with Gasteiger partial charge >= 0.3 is 0 Å². The van der Waals surface area contributed by atoms with Crippen molar-refractivity contribution in [2.45, 2.75) is 6.54 Å². The summed E-state index contributed by atoms with van der Waals surface area (Å²) in [5.41, 5.74) is 1.19. The number of halogens is 1. The third kappa shape index (κ3) is 3.12. The molecule has 0 aliphatic carbocycles. The molecule has 0 atom stereocenters. The van der Waals surface area contributed by atoms with E-state index < -0.39 is 0 Å². The summed E-state index contributed by atoms with van der Waals surface area (Å²) in [6.07, 6.45) is 3.11. The Bertz CT molecular complexity index is 789. The molecule has 0 aliphatic heterocycles. The molecule has 0 aliphatic rings. The number of nitrogens with zero attached hydrogens (tertiary/aromatic N) is 3. The van der Waals surface area contributed by atoms with E-state index in [4.69, 9.17) is 16.1 Å². The Kier molecular flexibility index (Phi) is 4.11. The molecule has 3 rings (SSSR count). The lowest BCUT2D eigenvalue weighted by molar-refractivity contribution is 0.0946. The Hall–Kier alpha value is -2.73. The molecule has 22 heavy (non-hydrogen) atoms. The van der Waals surface area contributed by atoms with Crippen LogP contribution in [0.1, 0.15) is 16.2 Å². The molecule has 0 bridgehead atoms. The van der Waals surface area contributed by atoms with Crippen LogP contribution in [-0.2, 0) is 6.54 Å². The van der Waals surface area contributed by atoms with E-state index in [1.807, 2.05) is 12.1 Å². The lowest BCUT2D eigenvalue weighted by Crippen LogP contribution is -2.22. The van der Waals surface area contributed by atoms with E-state index in [1.54, 1.807) is 36.7 Å². The number of nitrogens with one attached hydrogen (secondary N) is 1. The Morgan fingerprint density at radius 1 is 1.18 bits per heavy atom. The van der Waals surface area contributed by atoms with E-state index in [2.05, 4.69) is 20.4 Å². The molecule has 6 nitrogen and oxygen atoms in total. The molecule has 0 radical (unpaired) electrons. The van der Waals surface area contributed by atoms with Gasteiger partial charge in [0.05, 0.1) is 11.6 Å². The lowest BCUT2D eigenvalue weighted by Gasteiger charge is -2.01. The molecule has 0 saturated heterocycles. The summed E-state index contributed by atoms with van der Waals surface area (Å²) >= 11 is 6.08. The quantitative estimate of drug-likeness (QED) is 0.800. The molecule has 0 saturated carbocycles. The van der Waals surface area contributed by atoms with Crippen LogP contribution >= 0.6 is 11.6 Å². The average molecular weight is 315 g/mol. The number of hydrogen-bond donors (Lipinski definition) is 1. The minimum absolute atomic E-state index is 0.138. The molecule has 0 spiro atoms. The van der Waals surface area contributed by atoms with Crippen LogP contribution in [0.2, 0.25) is 5.02 Å². The van der Waals surface area contributed by atoms with Gasteiger partial charge in [-0.3, -0.25) is 9.78 Å². The van der Waals surface area contributed by atoms with E-state index in [1.165, 1.54) is 0 Å². The van der Waals surface area contributed by atoms with E-state index in [9.17, 15) is 4.79 Å². The predicted molar refractivity (Wildman–Crippen MR) is 80.2 cm³/mol. The van der Waals surface area contributed by atoms with Crippen LogP contribution in [0.5, 0.6) is 0 Å². The van der Waals surface area contributed by atoms with Crippen LogP contribution in [0, 0.1) is 0 Å². The fourth-order valence-electron chi connectivity index (χ4n) is 1.84. The predicted octanol–water partition coefficient (Wildman–Crippen LogP) is 2.72. The smallest absolute Gasteiger partial charge is 0.251 e. The van der Waals surface area contributed by atoms with Gasteiger partial charge in [0.15, 0.2) is 0 Å². The van der Waals surface area contributed by atoms with Gasteiger partial charge in [0, 0.05) is 23.5 Å². The summed E-state index contributed by atoms with van der Waals surface area (Å²) in [4.78, 5) is 20.0. The molecule has 1 N–H and O–H groups in total. The van der Waals surface area contributed by atoms with Gasteiger partial charge in [-0.25, -0.2) is 0 Å². The van der Waals surface area contributed by atoms with Gasteiger partial charge in [-0.2, -0.15) is 4.98 Å². The molecule has 2 aromatic heterocycles. The average Bonchev–Trinajstić information content (AvgIpc) is 3.02. The van der Waals surface area contributed by atoms with Gasteiger partial charge < -0.3 is 9.84 Å². The van der Waals surface area contributed by atoms with Gasteiger partial charge in [-0.05, 0) is 24.3 Å². The van der Waals surface area contributed by atoms with Gasteiger partial charge in [-0.15, -0.1) is 0 Å². The normalized spacial score (nSPS) is 10.4. The number of aromatic nitrogens is 3. The lowest BCUT2D eigenvalue weighted by atomic mass is 10.2. The van der Waals surface area contributed by atoms with Crippen molar-refractivity contribution in [3.63, 3.8) is 0 Å². The van der Waals surface area contributed by atoms with Crippen molar-refractivity contribution in [3.8, 4) is 11.4 Å². The fourth-order valence-corrected chi connectivity index (χ4v) is 2.06. The summed E-state index contributed by atoms with van der Waals surface area (Å²) in [5, 5.41) is 7.10. The highest BCUT2D eigenvalue weighted by molar-refractivity contribution is 6.33. The highest BCUT2D eigenvalue weighted by atomic mass is 35.5. The third-order valence-corrected chi connectivity index (χ3v) is 3.26. The molecule has 0 fully saturated rings. The molecule has 2 heterocycles. The zero-order chi connectivity index (χ0) is 15.4. The maximum Gasteiger partial charge on any atom is 0.251 e. The zero-order valence-electron chi connectivity index (χ0n) is 11.4. The highest BCUT2D eigenvalue weighted by Gasteiger charge is 2.12. The molecule has 3 aromatic rings. The summed E-state index contributed by atoms with van der Waals surface area (Å²) in [7, 11) is 0. The standard InChI is InChI=1S/C15H11ClN4O2/c16-12-4-2-1-3-11(12)14-19-13(22-20-14)9-18-15(21)10-5-7-17-8-6-10/h1-8H,9H2,(H,18,21). The Balaban J connectivity index is 1.68. The van der Waals surface area contributed by atoms with Crippen molar-refractivity contribution in [1.82, 2.24) is 20.4 Å². The number of hydrogen-bond acceptors (Lipinski definition) is 5. The summed E-state index contributed by atoms with van der Waals surface area (Å²) in [6, 6.07) is 10.4. The second-order valence-corrected chi connectivity index (χ2v) is 4.82. The largest absolute Gasteiger partial charge is 0.343 e. The number of pyridine rings is 1. The first-order chi connectivity index (χ1) is 10.7.